The Morgan fingerprint density at radius 1 is 1.00 bits per heavy atom. The molecule has 0 spiro atoms. The van der Waals surface area contributed by atoms with Gasteiger partial charge in [0.2, 0.25) is 5.78 Å². The van der Waals surface area contributed by atoms with Crippen LogP contribution in [0.5, 0.6) is 23.0 Å². The van der Waals surface area contributed by atoms with Crippen LogP contribution in [0.25, 0.3) is 6.08 Å². The third-order valence-corrected chi connectivity index (χ3v) is 6.84. The molecule has 0 bridgehead atoms. The fourth-order valence-electron chi connectivity index (χ4n) is 4.50. The Kier molecular flexibility index (Phi) is 6.13. The minimum absolute atomic E-state index is 0.160. The summed E-state index contributed by atoms with van der Waals surface area (Å²) in [5, 5.41) is 0.584. The Bertz CT molecular complexity index is 1430. The first-order valence-electron chi connectivity index (χ1n) is 11.2. The van der Waals surface area contributed by atoms with Crippen LogP contribution in [0.1, 0.15) is 38.2 Å². The standard InChI is InChI=1S/C27H20BrClO7/c1-14-22(33-11-18-7-20(29)6-17-10-32-13-35-27(17)18)3-2-21-24(30)23(36-25(14)21)8-15-4-19(28)5-16-9-31-12-34-26(15)16/h2-8H,9-13H2,1H3/b23-8-. The molecular formula is C27H20BrClO7. The van der Waals surface area contributed by atoms with Gasteiger partial charge in [-0.2, -0.15) is 0 Å². The largest absolute Gasteiger partial charge is 0.488 e. The molecule has 0 fully saturated rings. The van der Waals surface area contributed by atoms with Crippen molar-refractivity contribution in [2.24, 2.45) is 0 Å². The molecule has 3 aliphatic heterocycles. The van der Waals surface area contributed by atoms with Crippen molar-refractivity contribution in [2.75, 3.05) is 13.6 Å². The van der Waals surface area contributed by atoms with Crippen molar-refractivity contribution in [3.8, 4) is 23.0 Å². The molecule has 0 aromatic heterocycles. The fourth-order valence-corrected chi connectivity index (χ4v) is 5.29. The number of Topliss-reactive ketones (excluding diaryl/α,β-unsaturated/α-hetero) is 1. The normalized spacial score (nSPS) is 17.0. The lowest BCUT2D eigenvalue weighted by Gasteiger charge is -2.21. The summed E-state index contributed by atoms with van der Waals surface area (Å²) in [7, 11) is 0. The van der Waals surface area contributed by atoms with Crippen molar-refractivity contribution in [1.29, 1.82) is 0 Å². The van der Waals surface area contributed by atoms with E-state index in [2.05, 4.69) is 15.9 Å². The third-order valence-electron chi connectivity index (χ3n) is 6.16. The lowest BCUT2D eigenvalue weighted by molar-refractivity contribution is -0.0176. The summed E-state index contributed by atoms with van der Waals surface area (Å²) in [4.78, 5) is 13.1. The van der Waals surface area contributed by atoms with Crippen molar-refractivity contribution in [2.45, 2.75) is 26.7 Å². The molecule has 184 valence electrons. The van der Waals surface area contributed by atoms with Crippen LogP contribution in [0.3, 0.4) is 0 Å². The predicted octanol–water partition coefficient (Wildman–Crippen LogP) is 6.34. The van der Waals surface area contributed by atoms with E-state index in [1.807, 2.05) is 31.2 Å². The van der Waals surface area contributed by atoms with Crippen LogP contribution in [0.2, 0.25) is 5.02 Å². The highest BCUT2D eigenvalue weighted by molar-refractivity contribution is 9.10. The van der Waals surface area contributed by atoms with Crippen molar-refractivity contribution in [3.63, 3.8) is 0 Å². The second-order valence-electron chi connectivity index (χ2n) is 8.55. The average Bonchev–Trinajstić information content (AvgIpc) is 3.19. The number of halogens is 2. The number of hydrogen-bond donors (Lipinski definition) is 0. The molecule has 0 amide bonds. The molecule has 0 saturated heterocycles. The average molecular weight is 572 g/mol. The Morgan fingerprint density at radius 3 is 2.56 bits per heavy atom. The van der Waals surface area contributed by atoms with Gasteiger partial charge in [-0.15, -0.1) is 0 Å². The third kappa shape index (κ3) is 4.24. The number of rotatable bonds is 4. The van der Waals surface area contributed by atoms with Crippen molar-refractivity contribution < 1.29 is 33.2 Å². The highest BCUT2D eigenvalue weighted by Crippen LogP contribution is 2.41. The number of hydrogen-bond acceptors (Lipinski definition) is 7. The lowest BCUT2D eigenvalue weighted by atomic mass is 10.0. The van der Waals surface area contributed by atoms with E-state index in [0.717, 1.165) is 38.0 Å². The number of carbonyl (C=O) groups excluding carboxylic acids is 1. The molecule has 3 aromatic carbocycles. The topological polar surface area (TPSA) is 72.5 Å². The summed E-state index contributed by atoms with van der Waals surface area (Å²) in [6.45, 7) is 3.32. The van der Waals surface area contributed by atoms with Crippen LogP contribution >= 0.6 is 27.5 Å². The summed E-state index contributed by atoms with van der Waals surface area (Å²) >= 11 is 9.79. The second kappa shape index (κ2) is 9.44. The second-order valence-corrected chi connectivity index (χ2v) is 9.90. The van der Waals surface area contributed by atoms with Gasteiger partial charge < -0.3 is 28.4 Å². The van der Waals surface area contributed by atoms with E-state index in [4.69, 9.17) is 40.0 Å². The first-order valence-corrected chi connectivity index (χ1v) is 12.4. The van der Waals surface area contributed by atoms with E-state index in [1.165, 1.54) is 0 Å². The summed E-state index contributed by atoms with van der Waals surface area (Å²) in [5.74, 6) is 2.52. The van der Waals surface area contributed by atoms with Gasteiger partial charge in [-0.05, 0) is 49.4 Å². The molecule has 0 aliphatic carbocycles. The number of benzene rings is 3. The molecule has 7 nitrogen and oxygen atoms in total. The maximum Gasteiger partial charge on any atom is 0.231 e. The van der Waals surface area contributed by atoms with Crippen molar-refractivity contribution >= 4 is 39.4 Å². The van der Waals surface area contributed by atoms with Gasteiger partial charge in [0.05, 0.1) is 18.8 Å². The highest BCUT2D eigenvalue weighted by atomic mass is 79.9. The number of ether oxygens (including phenoxy) is 6. The van der Waals surface area contributed by atoms with E-state index in [-0.39, 0.29) is 31.7 Å². The Hall–Kier alpha value is -3.04. The van der Waals surface area contributed by atoms with Crippen molar-refractivity contribution in [3.05, 3.63) is 85.0 Å². The first-order chi connectivity index (χ1) is 17.5. The molecule has 6 rings (SSSR count). The van der Waals surface area contributed by atoms with E-state index < -0.39 is 0 Å². The van der Waals surface area contributed by atoms with Gasteiger partial charge in [-0.1, -0.05) is 27.5 Å². The molecule has 0 atom stereocenters. The fraction of sp³-hybridized carbons (Fsp3) is 0.222. The minimum atomic E-state index is -0.197. The van der Waals surface area contributed by atoms with Gasteiger partial charge >= 0.3 is 0 Å². The molecule has 0 saturated carbocycles. The zero-order valence-corrected chi connectivity index (χ0v) is 21.5. The van der Waals surface area contributed by atoms with Gasteiger partial charge in [-0.3, -0.25) is 4.79 Å². The minimum Gasteiger partial charge on any atom is -0.488 e. The highest BCUT2D eigenvalue weighted by Gasteiger charge is 2.31. The van der Waals surface area contributed by atoms with Gasteiger partial charge in [0, 0.05) is 37.3 Å². The Balaban J connectivity index is 1.27. The van der Waals surface area contributed by atoms with E-state index in [1.54, 1.807) is 18.2 Å². The zero-order valence-electron chi connectivity index (χ0n) is 19.2. The summed E-state index contributed by atoms with van der Waals surface area (Å²) < 4.78 is 35.1. The molecule has 3 aliphatic rings. The molecule has 9 heteroatoms. The first kappa shape index (κ1) is 23.4. The maximum atomic E-state index is 13.1. The Morgan fingerprint density at radius 2 is 1.75 bits per heavy atom. The SMILES string of the molecule is Cc1c(OCc2cc(Cl)cc3c2OCOC3)ccc2c1O/C(=C\c1cc(Br)cc3c1OCOC3)C2=O. The lowest BCUT2D eigenvalue weighted by Crippen LogP contribution is -2.14. The smallest absolute Gasteiger partial charge is 0.231 e. The number of fused-ring (bicyclic) bond motifs is 3. The molecule has 0 N–H and O–H groups in total. The van der Waals surface area contributed by atoms with Crippen LogP contribution in [0.4, 0.5) is 0 Å². The van der Waals surface area contributed by atoms with Gasteiger partial charge in [0.25, 0.3) is 0 Å². The number of allylic oxidation sites excluding steroid dienone is 1. The molecule has 0 unspecified atom stereocenters. The van der Waals surface area contributed by atoms with Crippen LogP contribution in [0, 0.1) is 6.92 Å². The quantitative estimate of drug-likeness (QED) is 0.339. The van der Waals surface area contributed by atoms with Gasteiger partial charge in [-0.25, -0.2) is 0 Å². The number of carbonyl (C=O) groups is 1. The molecule has 0 radical (unpaired) electrons. The van der Waals surface area contributed by atoms with Crippen molar-refractivity contribution in [1.82, 2.24) is 0 Å². The van der Waals surface area contributed by atoms with Crippen LogP contribution in [0.15, 0.2) is 46.6 Å². The summed E-state index contributed by atoms with van der Waals surface area (Å²) in [6, 6.07) is 11.0. The monoisotopic (exact) mass is 570 g/mol. The van der Waals surface area contributed by atoms with E-state index in [0.29, 0.717) is 41.0 Å². The van der Waals surface area contributed by atoms with Crippen LogP contribution in [-0.2, 0) is 29.3 Å². The van der Waals surface area contributed by atoms with Crippen LogP contribution in [-0.4, -0.2) is 19.4 Å². The molecule has 3 aromatic rings. The summed E-state index contributed by atoms with van der Waals surface area (Å²) in [5.41, 5.74) is 4.55. The van der Waals surface area contributed by atoms with Crippen LogP contribution < -0.4 is 18.9 Å². The van der Waals surface area contributed by atoms with Gasteiger partial charge in [0.15, 0.2) is 19.3 Å². The van der Waals surface area contributed by atoms with E-state index >= 15 is 0 Å². The molecule has 3 heterocycles. The summed E-state index contributed by atoms with van der Waals surface area (Å²) in [6.07, 6.45) is 1.70. The molecular weight excluding hydrogens is 552 g/mol. The Labute approximate surface area is 220 Å². The van der Waals surface area contributed by atoms with Gasteiger partial charge in [0.1, 0.15) is 29.6 Å². The zero-order chi connectivity index (χ0) is 24.8. The molecule has 36 heavy (non-hydrogen) atoms. The maximum absolute atomic E-state index is 13.1. The van der Waals surface area contributed by atoms with E-state index in [9.17, 15) is 4.79 Å². The number of ketones is 1. The predicted molar refractivity (Wildman–Crippen MR) is 135 cm³/mol.